The highest BCUT2D eigenvalue weighted by Crippen LogP contribution is 2.30. The lowest BCUT2D eigenvalue weighted by molar-refractivity contribution is -0.137. The normalized spacial score (nSPS) is 14.1. The minimum absolute atomic E-state index is 0.0577. The van der Waals surface area contributed by atoms with E-state index in [4.69, 9.17) is 10.2 Å². The average Bonchev–Trinajstić information content (AvgIpc) is 2.15. The van der Waals surface area contributed by atoms with Crippen molar-refractivity contribution >= 4 is 0 Å². The highest BCUT2D eigenvalue weighted by molar-refractivity contribution is 5.27. The number of rotatable bonds is 2. The van der Waals surface area contributed by atoms with Gasteiger partial charge in [-0.1, -0.05) is 12.1 Å². The second-order valence-electron chi connectivity index (χ2n) is 2.82. The third-order valence-electron chi connectivity index (χ3n) is 1.77. The van der Waals surface area contributed by atoms with Crippen molar-refractivity contribution in [1.82, 2.24) is 0 Å². The first-order chi connectivity index (χ1) is 6.45. The van der Waals surface area contributed by atoms with E-state index in [1.807, 2.05) is 0 Å². The molecule has 0 spiro atoms. The molecule has 0 aliphatic rings. The van der Waals surface area contributed by atoms with Crippen LogP contribution in [0.25, 0.3) is 0 Å². The van der Waals surface area contributed by atoms with E-state index >= 15 is 0 Å². The molecule has 2 nitrogen and oxygen atoms in total. The van der Waals surface area contributed by atoms with Crippen LogP contribution in [0.5, 0.6) is 0 Å². The Morgan fingerprint density at radius 3 is 2.43 bits per heavy atom. The number of hydrogen-bond donors (Lipinski definition) is 2. The Kier molecular flexibility index (Phi) is 3.13. The van der Waals surface area contributed by atoms with E-state index in [9.17, 15) is 13.2 Å². The number of benzene rings is 1. The fraction of sp³-hybridized carbons (Fsp3) is 0.333. The Labute approximate surface area is 78.6 Å². The van der Waals surface area contributed by atoms with Crippen molar-refractivity contribution in [3.05, 3.63) is 35.4 Å². The zero-order valence-corrected chi connectivity index (χ0v) is 7.12. The molecule has 0 bridgehead atoms. The van der Waals surface area contributed by atoms with Crippen LogP contribution in [-0.2, 0) is 6.18 Å². The topological polar surface area (TPSA) is 40.5 Å². The molecule has 2 N–H and O–H groups in total. The van der Waals surface area contributed by atoms with Gasteiger partial charge in [0, 0.05) is 0 Å². The van der Waals surface area contributed by atoms with Crippen LogP contribution < -0.4 is 0 Å². The molecule has 0 saturated heterocycles. The molecule has 78 valence electrons. The standard InChI is InChI=1S/C9H9F3O2/c10-9(11,12)7-3-1-2-6(4-7)8(14)5-13/h1-4,8,13-14H,5H2. The van der Waals surface area contributed by atoms with E-state index in [-0.39, 0.29) is 5.56 Å². The highest BCUT2D eigenvalue weighted by atomic mass is 19.4. The van der Waals surface area contributed by atoms with Crippen LogP contribution in [0, 0.1) is 0 Å². The summed E-state index contributed by atoms with van der Waals surface area (Å²) >= 11 is 0. The average molecular weight is 206 g/mol. The van der Waals surface area contributed by atoms with Gasteiger partial charge < -0.3 is 10.2 Å². The molecule has 0 amide bonds. The van der Waals surface area contributed by atoms with Crippen LogP contribution in [0.3, 0.4) is 0 Å². The van der Waals surface area contributed by atoms with Gasteiger partial charge in [0.05, 0.1) is 12.2 Å². The summed E-state index contributed by atoms with van der Waals surface area (Å²) in [5, 5.41) is 17.7. The summed E-state index contributed by atoms with van der Waals surface area (Å²) in [5.41, 5.74) is -0.773. The maximum atomic E-state index is 12.2. The fourth-order valence-corrected chi connectivity index (χ4v) is 1.03. The fourth-order valence-electron chi connectivity index (χ4n) is 1.03. The number of hydrogen-bond acceptors (Lipinski definition) is 2. The first-order valence-corrected chi connectivity index (χ1v) is 3.91. The van der Waals surface area contributed by atoms with Gasteiger partial charge in [-0.05, 0) is 17.7 Å². The summed E-state index contributed by atoms with van der Waals surface area (Å²) in [6.07, 6.45) is -5.69. The van der Waals surface area contributed by atoms with Crippen LogP contribution in [0.4, 0.5) is 13.2 Å². The quantitative estimate of drug-likeness (QED) is 0.773. The molecular weight excluding hydrogens is 197 g/mol. The van der Waals surface area contributed by atoms with Gasteiger partial charge in [-0.25, -0.2) is 0 Å². The van der Waals surface area contributed by atoms with E-state index in [2.05, 4.69) is 0 Å². The Bertz CT molecular complexity index is 309. The summed E-state index contributed by atoms with van der Waals surface area (Å²) < 4.78 is 36.6. The van der Waals surface area contributed by atoms with E-state index in [1.165, 1.54) is 12.1 Å². The molecule has 0 saturated carbocycles. The third kappa shape index (κ3) is 2.46. The van der Waals surface area contributed by atoms with Crippen molar-refractivity contribution < 1.29 is 23.4 Å². The SMILES string of the molecule is OCC(O)c1cccc(C(F)(F)F)c1. The molecule has 0 aromatic heterocycles. The third-order valence-corrected chi connectivity index (χ3v) is 1.77. The van der Waals surface area contributed by atoms with Crippen LogP contribution in [-0.4, -0.2) is 16.8 Å². The molecule has 14 heavy (non-hydrogen) atoms. The van der Waals surface area contributed by atoms with E-state index in [0.717, 1.165) is 12.1 Å². The zero-order chi connectivity index (χ0) is 10.8. The van der Waals surface area contributed by atoms with Crippen molar-refractivity contribution in [3.63, 3.8) is 0 Å². The summed E-state index contributed by atoms with van der Waals surface area (Å²) in [6.45, 7) is -0.596. The molecule has 0 heterocycles. The molecule has 0 aliphatic carbocycles. The molecule has 5 heteroatoms. The Morgan fingerprint density at radius 2 is 1.93 bits per heavy atom. The molecule has 1 atom stereocenters. The van der Waals surface area contributed by atoms with Crippen molar-refractivity contribution in [2.45, 2.75) is 12.3 Å². The van der Waals surface area contributed by atoms with Gasteiger partial charge in [-0.3, -0.25) is 0 Å². The predicted molar refractivity (Wildman–Crippen MR) is 43.5 cm³/mol. The molecule has 1 rings (SSSR count). The van der Waals surface area contributed by atoms with Crippen molar-refractivity contribution in [3.8, 4) is 0 Å². The van der Waals surface area contributed by atoms with Crippen molar-refractivity contribution in [2.75, 3.05) is 6.61 Å². The summed E-state index contributed by atoms with van der Waals surface area (Å²) in [4.78, 5) is 0. The Hall–Kier alpha value is -1.07. The smallest absolute Gasteiger partial charge is 0.393 e. The Morgan fingerprint density at radius 1 is 1.29 bits per heavy atom. The second-order valence-corrected chi connectivity index (χ2v) is 2.82. The second kappa shape index (κ2) is 3.98. The van der Waals surface area contributed by atoms with Gasteiger partial charge in [0.15, 0.2) is 0 Å². The first kappa shape index (κ1) is 11.0. The van der Waals surface area contributed by atoms with Gasteiger partial charge in [-0.2, -0.15) is 13.2 Å². The number of aliphatic hydroxyl groups excluding tert-OH is 2. The predicted octanol–water partition coefficient (Wildman–Crippen LogP) is 1.73. The van der Waals surface area contributed by atoms with Gasteiger partial charge in [0.25, 0.3) is 0 Å². The summed E-state index contributed by atoms with van der Waals surface area (Å²) in [6, 6.07) is 4.25. The lowest BCUT2D eigenvalue weighted by Crippen LogP contribution is -2.08. The minimum Gasteiger partial charge on any atom is -0.393 e. The molecule has 0 aliphatic heterocycles. The van der Waals surface area contributed by atoms with Gasteiger partial charge in [-0.15, -0.1) is 0 Å². The lowest BCUT2D eigenvalue weighted by Gasteiger charge is -2.11. The van der Waals surface area contributed by atoms with Gasteiger partial charge in [0.1, 0.15) is 6.10 Å². The van der Waals surface area contributed by atoms with E-state index in [0.29, 0.717) is 0 Å². The van der Waals surface area contributed by atoms with Crippen LogP contribution in [0.15, 0.2) is 24.3 Å². The largest absolute Gasteiger partial charge is 0.416 e. The van der Waals surface area contributed by atoms with Crippen molar-refractivity contribution in [2.24, 2.45) is 0 Å². The maximum absolute atomic E-state index is 12.2. The number of halogens is 3. The molecule has 1 unspecified atom stereocenters. The van der Waals surface area contributed by atoms with Crippen LogP contribution in [0.2, 0.25) is 0 Å². The van der Waals surface area contributed by atoms with Gasteiger partial charge in [0.2, 0.25) is 0 Å². The van der Waals surface area contributed by atoms with E-state index in [1.54, 1.807) is 0 Å². The zero-order valence-electron chi connectivity index (χ0n) is 7.12. The molecule has 0 radical (unpaired) electrons. The number of alkyl halides is 3. The summed E-state index contributed by atoms with van der Waals surface area (Å²) in [7, 11) is 0. The van der Waals surface area contributed by atoms with E-state index < -0.39 is 24.5 Å². The molecule has 1 aromatic carbocycles. The molecule has 0 fully saturated rings. The number of aliphatic hydroxyl groups is 2. The van der Waals surface area contributed by atoms with Crippen LogP contribution >= 0.6 is 0 Å². The monoisotopic (exact) mass is 206 g/mol. The molecule has 1 aromatic rings. The minimum atomic E-state index is -4.43. The maximum Gasteiger partial charge on any atom is 0.416 e. The summed E-state index contributed by atoms with van der Waals surface area (Å²) in [5.74, 6) is 0. The highest BCUT2D eigenvalue weighted by Gasteiger charge is 2.30. The van der Waals surface area contributed by atoms with Crippen molar-refractivity contribution in [1.29, 1.82) is 0 Å². The van der Waals surface area contributed by atoms with Gasteiger partial charge >= 0.3 is 6.18 Å². The lowest BCUT2D eigenvalue weighted by atomic mass is 10.1. The molecular formula is C9H9F3O2. The van der Waals surface area contributed by atoms with Crippen LogP contribution in [0.1, 0.15) is 17.2 Å². The Balaban J connectivity index is 3.01. The first-order valence-electron chi connectivity index (χ1n) is 3.91.